The molecule has 0 aromatic heterocycles. The minimum absolute atomic E-state index is 0.104. The summed E-state index contributed by atoms with van der Waals surface area (Å²) in [4.78, 5) is 0. The van der Waals surface area contributed by atoms with E-state index < -0.39 is 18.5 Å². The average Bonchev–Trinajstić information content (AvgIpc) is 2.08. The fraction of sp³-hybridized carbons (Fsp3) is 0.250. The highest BCUT2D eigenvalue weighted by Gasteiger charge is 2.12. The number of aliphatic hydroxyl groups is 2. The van der Waals surface area contributed by atoms with Crippen molar-refractivity contribution in [3.05, 3.63) is 34.1 Å². The van der Waals surface area contributed by atoms with Gasteiger partial charge in [-0.25, -0.2) is 4.39 Å². The fourth-order valence-electron chi connectivity index (χ4n) is 0.876. The van der Waals surface area contributed by atoms with Crippen molar-refractivity contribution in [2.45, 2.75) is 6.10 Å². The lowest BCUT2D eigenvalue weighted by Gasteiger charge is -2.08. The Bertz CT molecular complexity index is 278. The molecule has 0 unspecified atom stereocenters. The molecule has 2 N–H and O–H groups in total. The summed E-state index contributed by atoms with van der Waals surface area (Å²) in [5, 5.41) is 17.7. The predicted octanol–water partition coefficient (Wildman–Crippen LogP) is 1.61. The lowest BCUT2D eigenvalue weighted by atomic mass is 10.1. The van der Waals surface area contributed by atoms with E-state index >= 15 is 0 Å². The van der Waals surface area contributed by atoms with Crippen LogP contribution in [0.5, 0.6) is 0 Å². The molecule has 0 bridgehead atoms. The lowest BCUT2D eigenvalue weighted by Crippen LogP contribution is -2.05. The minimum atomic E-state index is -1.15. The Morgan fingerprint density at radius 1 is 1.50 bits per heavy atom. The van der Waals surface area contributed by atoms with E-state index in [-0.39, 0.29) is 10.0 Å². The van der Waals surface area contributed by atoms with Crippen LogP contribution in [0, 0.1) is 5.82 Å². The van der Waals surface area contributed by atoms with E-state index in [1.165, 1.54) is 12.1 Å². The van der Waals surface area contributed by atoms with Crippen molar-refractivity contribution in [2.24, 2.45) is 0 Å². The van der Waals surface area contributed by atoms with Gasteiger partial charge in [0.2, 0.25) is 0 Å². The molecule has 0 aliphatic heterocycles. The third-order valence-electron chi connectivity index (χ3n) is 1.51. The van der Waals surface area contributed by atoms with Gasteiger partial charge in [0.25, 0.3) is 0 Å². The van der Waals surface area contributed by atoms with Gasteiger partial charge in [-0.15, -0.1) is 0 Å². The van der Waals surface area contributed by atoms with Crippen molar-refractivity contribution in [3.8, 4) is 0 Å². The summed E-state index contributed by atoms with van der Waals surface area (Å²) in [5.74, 6) is -0.529. The summed E-state index contributed by atoms with van der Waals surface area (Å²) in [5.41, 5.74) is 0.104. The highest BCUT2D eigenvalue weighted by molar-refractivity contribution is 9.10. The minimum Gasteiger partial charge on any atom is -0.393 e. The summed E-state index contributed by atoms with van der Waals surface area (Å²) in [6, 6.07) is 4.56. The van der Waals surface area contributed by atoms with Crippen LogP contribution in [0.2, 0.25) is 0 Å². The molecule has 0 radical (unpaired) electrons. The van der Waals surface area contributed by atoms with Crippen molar-refractivity contribution in [1.82, 2.24) is 0 Å². The molecular formula is C8H8BrFO2. The standard InChI is InChI=1S/C8H8BrFO2/c9-6-3-1-2-5(8(6)10)7(12)4-11/h1-3,7,11-12H,4H2/t7-/m0/s1. The molecule has 4 heteroatoms. The Morgan fingerprint density at radius 3 is 2.75 bits per heavy atom. The Morgan fingerprint density at radius 2 is 2.17 bits per heavy atom. The molecular weight excluding hydrogens is 227 g/mol. The number of aliphatic hydroxyl groups excluding tert-OH is 2. The van der Waals surface area contributed by atoms with E-state index in [2.05, 4.69) is 15.9 Å². The van der Waals surface area contributed by atoms with Crippen LogP contribution in [0.25, 0.3) is 0 Å². The van der Waals surface area contributed by atoms with E-state index in [4.69, 9.17) is 10.2 Å². The van der Waals surface area contributed by atoms with Crippen LogP contribution in [-0.4, -0.2) is 16.8 Å². The highest BCUT2D eigenvalue weighted by Crippen LogP contribution is 2.23. The molecule has 0 saturated carbocycles. The molecule has 0 spiro atoms. The van der Waals surface area contributed by atoms with Gasteiger partial charge in [0.15, 0.2) is 0 Å². The van der Waals surface area contributed by atoms with Crippen LogP contribution in [0.15, 0.2) is 22.7 Å². The molecule has 1 aromatic carbocycles. The van der Waals surface area contributed by atoms with Gasteiger partial charge in [0.05, 0.1) is 11.1 Å². The Balaban J connectivity index is 3.07. The van der Waals surface area contributed by atoms with Crippen LogP contribution in [0.1, 0.15) is 11.7 Å². The Hall–Kier alpha value is -0.450. The van der Waals surface area contributed by atoms with Gasteiger partial charge in [-0.3, -0.25) is 0 Å². The van der Waals surface area contributed by atoms with E-state index in [1.807, 2.05) is 0 Å². The first-order valence-corrected chi connectivity index (χ1v) is 4.19. The summed E-state index contributed by atoms with van der Waals surface area (Å²) < 4.78 is 13.4. The number of halogens is 2. The molecule has 0 heterocycles. The van der Waals surface area contributed by atoms with Crippen LogP contribution < -0.4 is 0 Å². The topological polar surface area (TPSA) is 40.5 Å². The van der Waals surface area contributed by atoms with Crippen LogP contribution in [0.3, 0.4) is 0 Å². The third kappa shape index (κ3) is 1.83. The molecule has 1 rings (SSSR count). The summed E-state index contributed by atoms with van der Waals surface area (Å²) in [6.07, 6.45) is -1.15. The van der Waals surface area contributed by atoms with Crippen molar-refractivity contribution >= 4 is 15.9 Å². The van der Waals surface area contributed by atoms with Crippen molar-refractivity contribution < 1.29 is 14.6 Å². The maximum atomic E-state index is 13.1. The summed E-state index contributed by atoms with van der Waals surface area (Å²) in [7, 11) is 0. The van der Waals surface area contributed by atoms with E-state index in [9.17, 15) is 4.39 Å². The molecule has 0 aliphatic carbocycles. The zero-order valence-corrected chi connectivity index (χ0v) is 7.75. The van der Waals surface area contributed by atoms with Crippen LogP contribution in [-0.2, 0) is 0 Å². The SMILES string of the molecule is OC[C@H](O)c1cccc(Br)c1F. The first-order valence-electron chi connectivity index (χ1n) is 3.39. The van der Waals surface area contributed by atoms with E-state index in [0.717, 1.165) is 0 Å². The van der Waals surface area contributed by atoms with Gasteiger partial charge in [-0.1, -0.05) is 12.1 Å². The summed E-state index contributed by atoms with van der Waals surface area (Å²) in [6.45, 7) is -0.479. The van der Waals surface area contributed by atoms with E-state index in [0.29, 0.717) is 0 Å². The predicted molar refractivity (Wildman–Crippen MR) is 46.1 cm³/mol. The molecule has 2 nitrogen and oxygen atoms in total. The van der Waals surface area contributed by atoms with Gasteiger partial charge in [-0.05, 0) is 22.0 Å². The van der Waals surface area contributed by atoms with Gasteiger partial charge in [-0.2, -0.15) is 0 Å². The van der Waals surface area contributed by atoms with Gasteiger partial charge < -0.3 is 10.2 Å². The fourth-order valence-corrected chi connectivity index (χ4v) is 1.26. The second kappa shape index (κ2) is 3.98. The normalized spacial score (nSPS) is 13.0. The maximum Gasteiger partial charge on any atom is 0.143 e. The zero-order chi connectivity index (χ0) is 9.14. The second-order valence-corrected chi connectivity index (χ2v) is 3.20. The molecule has 0 fully saturated rings. The number of rotatable bonds is 2. The quantitative estimate of drug-likeness (QED) is 0.817. The molecule has 1 atom stereocenters. The molecule has 0 amide bonds. The summed E-state index contributed by atoms with van der Waals surface area (Å²) >= 11 is 2.98. The molecule has 0 saturated heterocycles. The third-order valence-corrected chi connectivity index (χ3v) is 2.13. The van der Waals surface area contributed by atoms with Crippen molar-refractivity contribution in [1.29, 1.82) is 0 Å². The zero-order valence-electron chi connectivity index (χ0n) is 6.17. The first-order chi connectivity index (χ1) is 5.66. The largest absolute Gasteiger partial charge is 0.393 e. The monoisotopic (exact) mass is 234 g/mol. The van der Waals surface area contributed by atoms with Crippen molar-refractivity contribution in [3.63, 3.8) is 0 Å². The number of hydrogen-bond donors (Lipinski definition) is 2. The van der Waals surface area contributed by atoms with E-state index in [1.54, 1.807) is 6.07 Å². The number of hydrogen-bond acceptors (Lipinski definition) is 2. The second-order valence-electron chi connectivity index (χ2n) is 2.34. The van der Waals surface area contributed by atoms with Gasteiger partial charge in [0, 0.05) is 5.56 Å². The number of benzene rings is 1. The average molecular weight is 235 g/mol. The van der Waals surface area contributed by atoms with Gasteiger partial charge >= 0.3 is 0 Å². The maximum absolute atomic E-state index is 13.1. The molecule has 0 aliphatic rings. The lowest BCUT2D eigenvalue weighted by molar-refractivity contribution is 0.0925. The smallest absolute Gasteiger partial charge is 0.143 e. The van der Waals surface area contributed by atoms with Crippen molar-refractivity contribution in [2.75, 3.05) is 6.61 Å². The Labute approximate surface area is 77.8 Å². The molecule has 1 aromatic rings. The Kier molecular flexibility index (Phi) is 3.20. The van der Waals surface area contributed by atoms with Crippen LogP contribution in [0.4, 0.5) is 4.39 Å². The first kappa shape index (κ1) is 9.64. The molecule has 12 heavy (non-hydrogen) atoms. The van der Waals surface area contributed by atoms with Crippen LogP contribution >= 0.6 is 15.9 Å². The van der Waals surface area contributed by atoms with Gasteiger partial charge in [0.1, 0.15) is 11.9 Å². The highest BCUT2D eigenvalue weighted by atomic mass is 79.9. The molecule has 66 valence electrons.